The Kier molecular flexibility index (Phi) is 66.3. The first-order chi connectivity index (χ1) is 41.0. The summed E-state index contributed by atoms with van der Waals surface area (Å²) in [4.78, 5) is 38.4. The average Bonchev–Trinajstić information content (AvgIpc) is 3.49. The summed E-state index contributed by atoms with van der Waals surface area (Å²) in [6.07, 6.45) is 98.9. The summed E-state index contributed by atoms with van der Waals surface area (Å²) in [6.45, 7) is 6.48. The first-order valence-electron chi connectivity index (χ1n) is 34.7. The Morgan fingerprint density at radius 2 is 0.470 bits per heavy atom. The molecule has 0 bridgehead atoms. The minimum Gasteiger partial charge on any atom is -0.462 e. The molecule has 0 spiro atoms. The normalized spacial score (nSPS) is 13.0. The van der Waals surface area contributed by atoms with E-state index < -0.39 is 6.10 Å². The van der Waals surface area contributed by atoms with Crippen molar-refractivity contribution in [3.8, 4) is 0 Å². The molecule has 6 heteroatoms. The van der Waals surface area contributed by atoms with Crippen molar-refractivity contribution in [1.82, 2.24) is 0 Å². The van der Waals surface area contributed by atoms with Gasteiger partial charge in [-0.1, -0.05) is 289 Å². The van der Waals surface area contributed by atoms with Gasteiger partial charge in [0.1, 0.15) is 13.2 Å². The molecule has 1 atom stereocenters. The van der Waals surface area contributed by atoms with Crippen molar-refractivity contribution < 1.29 is 28.6 Å². The molecule has 0 amide bonds. The Bertz CT molecular complexity index is 1750. The van der Waals surface area contributed by atoms with Gasteiger partial charge in [-0.25, -0.2) is 0 Å². The van der Waals surface area contributed by atoms with Gasteiger partial charge in [0.15, 0.2) is 6.10 Å². The number of allylic oxidation sites excluding steroid dienone is 22. The summed E-state index contributed by atoms with van der Waals surface area (Å²) >= 11 is 0. The molecule has 0 radical (unpaired) electrons. The second-order valence-electron chi connectivity index (χ2n) is 22.7. The van der Waals surface area contributed by atoms with Crippen molar-refractivity contribution in [1.29, 1.82) is 0 Å². The molecule has 1 unspecified atom stereocenters. The summed E-state index contributed by atoms with van der Waals surface area (Å²) < 4.78 is 17.0. The standard InChI is InChI=1S/C77H128O6/c1-4-7-10-13-16-19-22-25-28-30-32-34-35-36-37-38-39-40-41-43-44-46-49-52-55-58-61-64-67-70-76(79)82-73-74(72-81-75(78)69-66-63-60-57-54-51-48-27-24-21-18-15-12-9-6-3)83-77(80)71-68-65-62-59-56-53-50-47-45-42-33-31-29-26-23-20-17-14-11-8-5-2/h7,10,16,18-19,21,23,25-28,31-34,36-37,39-40,45,47-48,74H,4-6,8-9,11-15,17,20,22,24,29-30,35,38,41-44,46,49-73H2,1-3H3/b10-7-,19-16-,21-18-,26-23-,28-25-,33-31-,34-32-,37-36-,40-39-,47-45-,48-27-. The van der Waals surface area contributed by atoms with Gasteiger partial charge in [0, 0.05) is 19.3 Å². The third-order valence-electron chi connectivity index (χ3n) is 14.6. The predicted molar refractivity (Wildman–Crippen MR) is 362 cm³/mol. The van der Waals surface area contributed by atoms with Crippen LogP contribution in [0.1, 0.15) is 316 Å². The van der Waals surface area contributed by atoms with Crippen molar-refractivity contribution in [2.75, 3.05) is 13.2 Å². The van der Waals surface area contributed by atoms with E-state index in [1.807, 2.05) is 0 Å². The Balaban J connectivity index is 4.38. The lowest BCUT2D eigenvalue weighted by Crippen LogP contribution is -2.30. The van der Waals surface area contributed by atoms with Crippen LogP contribution in [0, 0.1) is 0 Å². The zero-order valence-electron chi connectivity index (χ0n) is 54.2. The molecular weight excluding hydrogens is 1020 g/mol. The summed E-state index contributed by atoms with van der Waals surface area (Å²) in [5, 5.41) is 0. The highest BCUT2D eigenvalue weighted by molar-refractivity contribution is 5.71. The van der Waals surface area contributed by atoms with Crippen LogP contribution >= 0.6 is 0 Å². The van der Waals surface area contributed by atoms with E-state index in [9.17, 15) is 14.4 Å². The van der Waals surface area contributed by atoms with Crippen molar-refractivity contribution >= 4 is 17.9 Å². The maximum absolute atomic E-state index is 12.9. The topological polar surface area (TPSA) is 78.9 Å². The van der Waals surface area contributed by atoms with Gasteiger partial charge in [-0.3, -0.25) is 14.4 Å². The minimum absolute atomic E-state index is 0.0929. The smallest absolute Gasteiger partial charge is 0.306 e. The molecule has 83 heavy (non-hydrogen) atoms. The van der Waals surface area contributed by atoms with Gasteiger partial charge in [0.2, 0.25) is 0 Å². The van der Waals surface area contributed by atoms with Crippen LogP contribution in [0.4, 0.5) is 0 Å². The van der Waals surface area contributed by atoms with Crippen LogP contribution in [0.3, 0.4) is 0 Å². The van der Waals surface area contributed by atoms with Crippen molar-refractivity contribution in [2.45, 2.75) is 322 Å². The lowest BCUT2D eigenvalue weighted by molar-refractivity contribution is -0.167. The highest BCUT2D eigenvalue weighted by atomic mass is 16.6. The number of rotatable bonds is 62. The third kappa shape index (κ3) is 68.2. The number of carbonyl (C=O) groups excluding carboxylic acids is 3. The van der Waals surface area contributed by atoms with E-state index >= 15 is 0 Å². The second-order valence-corrected chi connectivity index (χ2v) is 22.7. The van der Waals surface area contributed by atoms with E-state index in [0.717, 1.165) is 148 Å². The summed E-state index contributed by atoms with van der Waals surface area (Å²) in [5.74, 6) is -0.917. The molecule has 472 valence electrons. The summed E-state index contributed by atoms with van der Waals surface area (Å²) in [5.41, 5.74) is 0. The van der Waals surface area contributed by atoms with E-state index in [0.29, 0.717) is 19.3 Å². The maximum atomic E-state index is 12.9. The zero-order chi connectivity index (χ0) is 59.9. The Morgan fingerprint density at radius 3 is 0.759 bits per heavy atom. The average molecular weight is 1150 g/mol. The number of unbranched alkanes of at least 4 members (excludes halogenated alkanes) is 29. The van der Waals surface area contributed by atoms with Gasteiger partial charge in [0.25, 0.3) is 0 Å². The van der Waals surface area contributed by atoms with Crippen LogP contribution in [0.2, 0.25) is 0 Å². The zero-order valence-corrected chi connectivity index (χ0v) is 54.2. The van der Waals surface area contributed by atoms with Crippen LogP contribution in [-0.4, -0.2) is 37.2 Å². The predicted octanol–water partition coefficient (Wildman–Crippen LogP) is 24.1. The van der Waals surface area contributed by atoms with E-state index in [1.165, 1.54) is 128 Å². The van der Waals surface area contributed by atoms with E-state index in [4.69, 9.17) is 14.2 Å². The SMILES string of the molecule is CC/C=C\C/C=C\C/C=C\C/C=C\C/C=C\C/C=C\CCCCCCCCCCCCC(=O)OCC(COC(=O)CCCCCCC/C=C\C/C=C\CCCCC)OC(=O)CCCCCCCC/C=C\C/C=C\C/C=C\CCCCCCC. The lowest BCUT2D eigenvalue weighted by Gasteiger charge is -2.18. The molecule has 0 aromatic heterocycles. The summed E-state index contributed by atoms with van der Waals surface area (Å²) in [7, 11) is 0. The molecule has 0 N–H and O–H groups in total. The highest BCUT2D eigenvalue weighted by Gasteiger charge is 2.19. The lowest BCUT2D eigenvalue weighted by atomic mass is 10.1. The molecule has 6 nitrogen and oxygen atoms in total. The van der Waals surface area contributed by atoms with E-state index in [-0.39, 0.29) is 31.1 Å². The van der Waals surface area contributed by atoms with Gasteiger partial charge in [-0.05, 0) is 141 Å². The van der Waals surface area contributed by atoms with Crippen molar-refractivity contribution in [2.24, 2.45) is 0 Å². The fourth-order valence-electron chi connectivity index (χ4n) is 9.43. The molecule has 0 saturated carbocycles. The molecule has 0 aromatic carbocycles. The van der Waals surface area contributed by atoms with Gasteiger partial charge < -0.3 is 14.2 Å². The molecule has 0 saturated heterocycles. The Hall–Kier alpha value is -4.45. The fraction of sp³-hybridized carbons (Fsp3) is 0.675. The Labute approximate surface area is 513 Å². The van der Waals surface area contributed by atoms with Gasteiger partial charge in [-0.15, -0.1) is 0 Å². The quantitative estimate of drug-likeness (QED) is 0.0261. The molecule has 0 aliphatic carbocycles. The molecule has 0 aliphatic rings. The number of ether oxygens (including phenoxy) is 3. The first kappa shape index (κ1) is 78.5. The van der Waals surface area contributed by atoms with Crippen LogP contribution < -0.4 is 0 Å². The largest absolute Gasteiger partial charge is 0.462 e. The number of carbonyl (C=O) groups is 3. The van der Waals surface area contributed by atoms with Crippen LogP contribution in [-0.2, 0) is 28.6 Å². The van der Waals surface area contributed by atoms with Gasteiger partial charge in [0.05, 0.1) is 0 Å². The number of esters is 3. The second kappa shape index (κ2) is 70.0. The molecule has 0 aromatic rings. The van der Waals surface area contributed by atoms with Crippen LogP contribution in [0.15, 0.2) is 134 Å². The number of hydrogen-bond acceptors (Lipinski definition) is 6. The monoisotopic (exact) mass is 1150 g/mol. The van der Waals surface area contributed by atoms with Crippen LogP contribution in [0.25, 0.3) is 0 Å². The highest BCUT2D eigenvalue weighted by Crippen LogP contribution is 2.16. The van der Waals surface area contributed by atoms with Gasteiger partial charge >= 0.3 is 17.9 Å². The Morgan fingerprint density at radius 1 is 0.253 bits per heavy atom. The molecule has 0 rings (SSSR count). The number of hydrogen-bond donors (Lipinski definition) is 0. The molecule has 0 aliphatic heterocycles. The van der Waals surface area contributed by atoms with Gasteiger partial charge in [-0.2, -0.15) is 0 Å². The molecule has 0 fully saturated rings. The fourth-order valence-corrected chi connectivity index (χ4v) is 9.43. The van der Waals surface area contributed by atoms with Crippen LogP contribution in [0.5, 0.6) is 0 Å². The van der Waals surface area contributed by atoms with Crippen molar-refractivity contribution in [3.05, 3.63) is 134 Å². The third-order valence-corrected chi connectivity index (χ3v) is 14.6. The maximum Gasteiger partial charge on any atom is 0.306 e. The minimum atomic E-state index is -0.799. The van der Waals surface area contributed by atoms with E-state index in [1.54, 1.807) is 0 Å². The first-order valence-corrected chi connectivity index (χ1v) is 34.7. The molecular formula is C77H128O6. The van der Waals surface area contributed by atoms with E-state index in [2.05, 4.69) is 154 Å². The molecule has 0 heterocycles. The van der Waals surface area contributed by atoms with Crippen molar-refractivity contribution in [3.63, 3.8) is 0 Å². The summed E-state index contributed by atoms with van der Waals surface area (Å²) in [6, 6.07) is 0.